The molecule has 22 heavy (non-hydrogen) atoms. The number of ether oxygens (including phenoxy) is 1. The Kier molecular flexibility index (Phi) is 5.77. The molecule has 1 N–H and O–H groups in total. The molecule has 5 heteroatoms. The van der Waals surface area contributed by atoms with Crippen molar-refractivity contribution in [3.63, 3.8) is 0 Å². The summed E-state index contributed by atoms with van der Waals surface area (Å²) >= 11 is 0. The van der Waals surface area contributed by atoms with Gasteiger partial charge >= 0.3 is 6.09 Å². The number of piperidine rings is 1. The van der Waals surface area contributed by atoms with Gasteiger partial charge in [0.1, 0.15) is 5.60 Å². The number of rotatable bonds is 4. The Bertz CT molecular complexity index is 471. The molecule has 1 aliphatic rings. The molecule has 1 unspecified atom stereocenters. The molecule has 1 atom stereocenters. The van der Waals surface area contributed by atoms with Crippen LogP contribution >= 0.6 is 0 Å². The maximum Gasteiger partial charge on any atom is 0.410 e. The number of carbonyl (C=O) groups is 1. The lowest BCUT2D eigenvalue weighted by atomic mass is 10.0. The zero-order chi connectivity index (χ0) is 16.0. The van der Waals surface area contributed by atoms with Crippen molar-refractivity contribution in [2.24, 2.45) is 0 Å². The quantitative estimate of drug-likeness (QED) is 0.929. The third kappa shape index (κ3) is 5.30. The molecule has 0 saturated carbocycles. The maximum atomic E-state index is 12.3. The van der Waals surface area contributed by atoms with Crippen LogP contribution in [0.1, 0.15) is 45.6 Å². The number of hydrogen-bond acceptors (Lipinski definition) is 4. The lowest BCUT2D eigenvalue weighted by Gasteiger charge is -2.37. The van der Waals surface area contributed by atoms with E-state index in [-0.39, 0.29) is 12.1 Å². The van der Waals surface area contributed by atoms with Crippen LogP contribution in [0.3, 0.4) is 0 Å². The number of carbonyl (C=O) groups excluding carboxylic acids is 1. The fourth-order valence-corrected chi connectivity index (χ4v) is 2.66. The molecule has 5 nitrogen and oxygen atoms in total. The van der Waals surface area contributed by atoms with E-state index in [9.17, 15) is 4.79 Å². The third-order valence-electron chi connectivity index (χ3n) is 3.69. The maximum absolute atomic E-state index is 12.3. The first-order valence-corrected chi connectivity index (χ1v) is 8.05. The van der Waals surface area contributed by atoms with Gasteiger partial charge in [0.05, 0.1) is 0 Å². The van der Waals surface area contributed by atoms with Crippen LogP contribution in [0.2, 0.25) is 0 Å². The zero-order valence-electron chi connectivity index (χ0n) is 13.8. The molecule has 1 aromatic rings. The highest BCUT2D eigenvalue weighted by molar-refractivity contribution is 5.68. The lowest BCUT2D eigenvalue weighted by molar-refractivity contribution is 0.00993. The molecular formula is C17H27N3O2. The van der Waals surface area contributed by atoms with E-state index >= 15 is 0 Å². The van der Waals surface area contributed by atoms with E-state index in [4.69, 9.17) is 4.74 Å². The second kappa shape index (κ2) is 7.58. The average molecular weight is 305 g/mol. The van der Waals surface area contributed by atoms with Gasteiger partial charge in [-0.3, -0.25) is 4.98 Å². The van der Waals surface area contributed by atoms with E-state index in [1.54, 1.807) is 6.20 Å². The molecule has 1 amide bonds. The Morgan fingerprint density at radius 3 is 2.95 bits per heavy atom. The fourth-order valence-electron chi connectivity index (χ4n) is 2.66. The van der Waals surface area contributed by atoms with Gasteiger partial charge in [-0.1, -0.05) is 6.07 Å². The van der Waals surface area contributed by atoms with Crippen molar-refractivity contribution >= 4 is 6.09 Å². The van der Waals surface area contributed by atoms with Crippen LogP contribution in [0, 0.1) is 0 Å². The van der Waals surface area contributed by atoms with Crippen LogP contribution in [0.4, 0.5) is 4.79 Å². The predicted molar refractivity (Wildman–Crippen MR) is 86.5 cm³/mol. The first kappa shape index (κ1) is 16.7. The number of likely N-dealkylation sites (tertiary alicyclic amines) is 1. The van der Waals surface area contributed by atoms with E-state index in [1.807, 2.05) is 44.0 Å². The summed E-state index contributed by atoms with van der Waals surface area (Å²) in [7, 11) is 0. The molecule has 1 saturated heterocycles. The van der Waals surface area contributed by atoms with Crippen LogP contribution in [0.15, 0.2) is 24.5 Å². The molecule has 1 fully saturated rings. The fraction of sp³-hybridized carbons (Fsp3) is 0.647. The molecule has 0 radical (unpaired) electrons. The van der Waals surface area contributed by atoms with Gasteiger partial charge in [0.15, 0.2) is 0 Å². The monoisotopic (exact) mass is 305 g/mol. The minimum atomic E-state index is -0.442. The highest BCUT2D eigenvalue weighted by atomic mass is 16.6. The normalized spacial score (nSPS) is 19.0. The number of amides is 1. The van der Waals surface area contributed by atoms with E-state index in [2.05, 4.69) is 10.3 Å². The number of aromatic nitrogens is 1. The summed E-state index contributed by atoms with van der Waals surface area (Å²) in [5.74, 6) is 0. The van der Waals surface area contributed by atoms with Crippen molar-refractivity contribution in [2.45, 2.75) is 58.2 Å². The number of hydrogen-bond donors (Lipinski definition) is 1. The molecule has 2 heterocycles. The Morgan fingerprint density at radius 2 is 2.27 bits per heavy atom. The van der Waals surface area contributed by atoms with Gasteiger partial charge < -0.3 is 15.0 Å². The van der Waals surface area contributed by atoms with E-state index in [0.29, 0.717) is 0 Å². The highest BCUT2D eigenvalue weighted by Gasteiger charge is 2.30. The van der Waals surface area contributed by atoms with Gasteiger partial charge in [0.25, 0.3) is 0 Å². The second-order valence-corrected chi connectivity index (χ2v) is 6.82. The molecule has 1 aromatic heterocycles. The Labute approximate surface area is 133 Å². The van der Waals surface area contributed by atoms with Gasteiger partial charge in [-0.2, -0.15) is 0 Å². The van der Waals surface area contributed by atoms with Crippen LogP contribution < -0.4 is 5.32 Å². The van der Waals surface area contributed by atoms with Crippen LogP contribution in [-0.2, 0) is 11.3 Å². The third-order valence-corrected chi connectivity index (χ3v) is 3.69. The van der Waals surface area contributed by atoms with Crippen LogP contribution in [0.5, 0.6) is 0 Å². The lowest BCUT2D eigenvalue weighted by Crippen LogP contribution is -2.50. The molecule has 1 aliphatic heterocycles. The van der Waals surface area contributed by atoms with Crippen molar-refractivity contribution in [3.8, 4) is 0 Å². The molecule has 122 valence electrons. The Morgan fingerprint density at radius 1 is 1.45 bits per heavy atom. The smallest absolute Gasteiger partial charge is 0.410 e. The average Bonchev–Trinajstić information content (AvgIpc) is 2.47. The minimum Gasteiger partial charge on any atom is -0.444 e. The van der Waals surface area contributed by atoms with Gasteiger partial charge in [-0.25, -0.2) is 4.79 Å². The van der Waals surface area contributed by atoms with E-state index in [0.717, 1.165) is 38.0 Å². The standard InChI is InChI=1S/C17H27N3O2/c1-17(2,3)22-16(21)20-10-5-4-8-15(20)13-19-12-14-7-6-9-18-11-14/h6-7,9,11,15,19H,4-5,8,10,12-13H2,1-3H3. The summed E-state index contributed by atoms with van der Waals surface area (Å²) in [4.78, 5) is 18.3. The number of pyridine rings is 1. The summed E-state index contributed by atoms with van der Waals surface area (Å²) in [6.07, 6.45) is 6.69. The van der Waals surface area contributed by atoms with Gasteiger partial charge in [0, 0.05) is 38.1 Å². The summed E-state index contributed by atoms with van der Waals surface area (Å²) in [6.45, 7) is 8.06. The van der Waals surface area contributed by atoms with Crippen molar-refractivity contribution in [1.82, 2.24) is 15.2 Å². The zero-order valence-corrected chi connectivity index (χ0v) is 13.8. The van der Waals surface area contributed by atoms with Crippen molar-refractivity contribution in [3.05, 3.63) is 30.1 Å². The number of nitrogens with one attached hydrogen (secondary N) is 1. The summed E-state index contributed by atoms with van der Waals surface area (Å²) in [5, 5.41) is 3.43. The summed E-state index contributed by atoms with van der Waals surface area (Å²) < 4.78 is 5.52. The van der Waals surface area contributed by atoms with Crippen LogP contribution in [0.25, 0.3) is 0 Å². The SMILES string of the molecule is CC(C)(C)OC(=O)N1CCCCC1CNCc1cccnc1. The van der Waals surface area contributed by atoms with Crippen molar-refractivity contribution in [2.75, 3.05) is 13.1 Å². The summed E-state index contributed by atoms with van der Waals surface area (Å²) in [6, 6.07) is 4.19. The van der Waals surface area contributed by atoms with Gasteiger partial charge in [0.2, 0.25) is 0 Å². The highest BCUT2D eigenvalue weighted by Crippen LogP contribution is 2.20. The van der Waals surface area contributed by atoms with E-state index in [1.165, 1.54) is 6.42 Å². The molecule has 0 spiro atoms. The predicted octanol–water partition coefficient (Wildman–Crippen LogP) is 2.96. The van der Waals surface area contributed by atoms with Gasteiger partial charge in [-0.15, -0.1) is 0 Å². The molecule has 0 bridgehead atoms. The topological polar surface area (TPSA) is 54.5 Å². The summed E-state index contributed by atoms with van der Waals surface area (Å²) in [5.41, 5.74) is 0.713. The minimum absolute atomic E-state index is 0.194. The first-order valence-electron chi connectivity index (χ1n) is 8.05. The van der Waals surface area contributed by atoms with Crippen LogP contribution in [-0.4, -0.2) is 40.7 Å². The van der Waals surface area contributed by atoms with Crippen molar-refractivity contribution in [1.29, 1.82) is 0 Å². The second-order valence-electron chi connectivity index (χ2n) is 6.82. The molecule has 2 rings (SSSR count). The number of nitrogens with zero attached hydrogens (tertiary/aromatic N) is 2. The largest absolute Gasteiger partial charge is 0.444 e. The Balaban J connectivity index is 1.85. The first-order chi connectivity index (χ1) is 10.5. The molecule has 0 aromatic carbocycles. The Hall–Kier alpha value is -1.62. The van der Waals surface area contributed by atoms with Gasteiger partial charge in [-0.05, 0) is 51.7 Å². The molecular weight excluding hydrogens is 278 g/mol. The van der Waals surface area contributed by atoms with E-state index < -0.39 is 5.60 Å². The molecule has 0 aliphatic carbocycles. The van der Waals surface area contributed by atoms with Crippen molar-refractivity contribution < 1.29 is 9.53 Å².